The molecule has 1 atom stereocenters. The number of benzene rings is 1. The zero-order chi connectivity index (χ0) is 17.1. The highest BCUT2D eigenvalue weighted by atomic mass is 16.3. The van der Waals surface area contributed by atoms with Gasteiger partial charge in [-0.3, -0.25) is 0 Å². The molecule has 2 aromatic rings. The Morgan fingerprint density at radius 2 is 2.21 bits per heavy atom. The number of aliphatic hydroxyl groups is 1. The Balaban J connectivity index is 1.70. The summed E-state index contributed by atoms with van der Waals surface area (Å²) in [6, 6.07) is 8.08. The maximum Gasteiger partial charge on any atom is 0.321 e. The molecule has 5 nitrogen and oxygen atoms in total. The third kappa shape index (κ3) is 3.73. The summed E-state index contributed by atoms with van der Waals surface area (Å²) in [5.41, 5.74) is 2.01. The average Bonchev–Trinajstić information content (AvgIpc) is 2.96. The summed E-state index contributed by atoms with van der Waals surface area (Å²) in [6.07, 6.45) is 4.05. The summed E-state index contributed by atoms with van der Waals surface area (Å²) in [5, 5.41) is 13.4. The summed E-state index contributed by atoms with van der Waals surface area (Å²) < 4.78 is 2.25. The largest absolute Gasteiger partial charge is 0.396 e. The Hall–Kier alpha value is -2.01. The van der Waals surface area contributed by atoms with Crippen LogP contribution in [0, 0.1) is 11.8 Å². The first kappa shape index (κ1) is 16.8. The van der Waals surface area contributed by atoms with Gasteiger partial charge in [0.25, 0.3) is 0 Å². The van der Waals surface area contributed by atoms with Crippen LogP contribution in [0.3, 0.4) is 0 Å². The van der Waals surface area contributed by atoms with Crippen molar-refractivity contribution in [1.29, 1.82) is 0 Å². The first-order valence-corrected chi connectivity index (χ1v) is 8.82. The molecule has 0 aliphatic carbocycles. The van der Waals surface area contributed by atoms with Crippen molar-refractivity contribution in [1.82, 2.24) is 9.47 Å². The number of rotatable bonds is 4. The van der Waals surface area contributed by atoms with Crippen LogP contribution in [0.2, 0.25) is 0 Å². The number of carbonyl (C=O) groups is 1. The third-order valence-corrected chi connectivity index (χ3v) is 4.65. The first-order chi connectivity index (χ1) is 11.6. The molecule has 1 unspecified atom stereocenters. The van der Waals surface area contributed by atoms with Crippen molar-refractivity contribution in [3.05, 3.63) is 30.5 Å². The maximum absolute atomic E-state index is 12.4. The van der Waals surface area contributed by atoms with Gasteiger partial charge in [0, 0.05) is 49.0 Å². The number of aromatic nitrogens is 1. The van der Waals surface area contributed by atoms with Gasteiger partial charge in [-0.25, -0.2) is 4.79 Å². The molecule has 5 heteroatoms. The van der Waals surface area contributed by atoms with Crippen LogP contribution in [-0.2, 0) is 6.54 Å². The number of amides is 2. The van der Waals surface area contributed by atoms with Gasteiger partial charge in [-0.2, -0.15) is 0 Å². The van der Waals surface area contributed by atoms with E-state index in [4.69, 9.17) is 0 Å². The zero-order valence-electron chi connectivity index (χ0n) is 14.5. The quantitative estimate of drug-likeness (QED) is 0.901. The second-order valence-corrected chi connectivity index (χ2v) is 7.20. The second-order valence-electron chi connectivity index (χ2n) is 7.20. The van der Waals surface area contributed by atoms with Crippen molar-refractivity contribution in [2.24, 2.45) is 11.8 Å². The Morgan fingerprint density at radius 3 is 2.96 bits per heavy atom. The van der Waals surface area contributed by atoms with Crippen molar-refractivity contribution in [3.63, 3.8) is 0 Å². The second kappa shape index (κ2) is 7.26. The minimum atomic E-state index is -0.0749. The molecule has 0 spiro atoms. The van der Waals surface area contributed by atoms with Crippen LogP contribution in [0.25, 0.3) is 10.9 Å². The Morgan fingerprint density at radius 1 is 1.38 bits per heavy atom. The average molecular weight is 329 g/mol. The van der Waals surface area contributed by atoms with Gasteiger partial charge in [0.05, 0.1) is 0 Å². The minimum Gasteiger partial charge on any atom is -0.396 e. The number of likely N-dealkylation sites (tertiary alicyclic amines) is 1. The number of nitrogens with zero attached hydrogens (tertiary/aromatic N) is 2. The molecule has 2 heterocycles. The fourth-order valence-corrected chi connectivity index (χ4v) is 3.43. The third-order valence-electron chi connectivity index (χ3n) is 4.65. The molecule has 1 fully saturated rings. The fraction of sp³-hybridized carbons (Fsp3) is 0.526. The molecular weight excluding hydrogens is 302 g/mol. The summed E-state index contributed by atoms with van der Waals surface area (Å²) in [7, 11) is 0. The Kier molecular flexibility index (Phi) is 5.09. The van der Waals surface area contributed by atoms with Crippen molar-refractivity contribution in [2.45, 2.75) is 33.2 Å². The number of carbonyl (C=O) groups excluding carboxylic acids is 1. The number of piperidine rings is 1. The molecule has 0 bridgehead atoms. The lowest BCUT2D eigenvalue weighted by Crippen LogP contribution is -2.43. The highest BCUT2D eigenvalue weighted by molar-refractivity contribution is 5.93. The number of urea groups is 1. The normalized spacial score (nSPS) is 18.3. The van der Waals surface area contributed by atoms with Crippen LogP contribution in [0.4, 0.5) is 10.5 Å². The van der Waals surface area contributed by atoms with E-state index in [1.54, 1.807) is 4.90 Å². The molecule has 2 N–H and O–H groups in total. The van der Waals surface area contributed by atoms with E-state index >= 15 is 0 Å². The van der Waals surface area contributed by atoms with Crippen molar-refractivity contribution in [3.8, 4) is 0 Å². The summed E-state index contributed by atoms with van der Waals surface area (Å²) in [4.78, 5) is 14.2. The highest BCUT2D eigenvalue weighted by Gasteiger charge is 2.23. The molecule has 1 aliphatic rings. The molecular formula is C19H27N3O2. The van der Waals surface area contributed by atoms with E-state index in [2.05, 4.69) is 42.1 Å². The van der Waals surface area contributed by atoms with Crippen LogP contribution in [0.15, 0.2) is 30.5 Å². The van der Waals surface area contributed by atoms with E-state index in [-0.39, 0.29) is 18.6 Å². The van der Waals surface area contributed by atoms with E-state index in [0.29, 0.717) is 12.5 Å². The van der Waals surface area contributed by atoms with Crippen molar-refractivity contribution < 1.29 is 9.90 Å². The smallest absolute Gasteiger partial charge is 0.321 e. The summed E-state index contributed by atoms with van der Waals surface area (Å²) in [5.74, 6) is 0.801. The van der Waals surface area contributed by atoms with Crippen LogP contribution < -0.4 is 5.32 Å². The molecule has 24 heavy (non-hydrogen) atoms. The molecule has 0 radical (unpaired) electrons. The predicted octanol–water partition coefficient (Wildman–Crippen LogP) is 3.53. The van der Waals surface area contributed by atoms with Gasteiger partial charge in [-0.05, 0) is 48.9 Å². The van der Waals surface area contributed by atoms with Gasteiger partial charge < -0.3 is 19.9 Å². The number of fused-ring (bicyclic) bond motifs is 1. The molecule has 130 valence electrons. The highest BCUT2D eigenvalue weighted by Crippen LogP contribution is 2.23. The molecule has 1 aromatic heterocycles. The Labute approximate surface area is 143 Å². The zero-order valence-corrected chi connectivity index (χ0v) is 14.5. The standard InChI is InChI=1S/C19H27N3O2/c1-14(2)11-21-9-7-16-10-17(5-6-18(16)21)20-19(24)22-8-3-4-15(12-22)13-23/h5-7,9-10,14-15,23H,3-4,8,11-13H2,1-2H3,(H,20,24). The van der Waals surface area contributed by atoms with Gasteiger partial charge in [-0.1, -0.05) is 13.8 Å². The van der Waals surface area contributed by atoms with Gasteiger partial charge in [0.1, 0.15) is 0 Å². The number of hydrogen-bond acceptors (Lipinski definition) is 2. The first-order valence-electron chi connectivity index (χ1n) is 8.82. The fourth-order valence-electron chi connectivity index (χ4n) is 3.43. The van der Waals surface area contributed by atoms with E-state index < -0.39 is 0 Å². The van der Waals surface area contributed by atoms with Crippen LogP contribution >= 0.6 is 0 Å². The lowest BCUT2D eigenvalue weighted by molar-refractivity contribution is 0.136. The molecule has 3 rings (SSSR count). The molecule has 1 saturated heterocycles. The number of nitrogens with one attached hydrogen (secondary N) is 1. The monoisotopic (exact) mass is 329 g/mol. The van der Waals surface area contributed by atoms with Gasteiger partial charge in [-0.15, -0.1) is 0 Å². The Bertz CT molecular complexity index is 708. The predicted molar refractivity (Wildman–Crippen MR) is 97.2 cm³/mol. The maximum atomic E-state index is 12.4. The van der Waals surface area contributed by atoms with E-state index in [1.807, 2.05) is 12.1 Å². The molecule has 1 aromatic carbocycles. The summed E-state index contributed by atoms with van der Waals surface area (Å²) >= 11 is 0. The van der Waals surface area contributed by atoms with E-state index in [0.717, 1.165) is 37.0 Å². The van der Waals surface area contributed by atoms with Gasteiger partial charge in [0.15, 0.2) is 0 Å². The SMILES string of the molecule is CC(C)Cn1ccc2cc(NC(=O)N3CCCC(CO)C3)ccc21. The summed E-state index contributed by atoms with van der Waals surface area (Å²) in [6.45, 7) is 6.95. The van der Waals surface area contributed by atoms with Crippen LogP contribution in [-0.4, -0.2) is 40.3 Å². The molecule has 1 aliphatic heterocycles. The lowest BCUT2D eigenvalue weighted by atomic mass is 9.99. The minimum absolute atomic E-state index is 0.0749. The van der Waals surface area contributed by atoms with Crippen molar-refractivity contribution >= 4 is 22.6 Å². The van der Waals surface area contributed by atoms with E-state index in [1.165, 1.54) is 5.52 Å². The molecule has 0 saturated carbocycles. The topological polar surface area (TPSA) is 57.5 Å². The van der Waals surface area contributed by atoms with Crippen LogP contribution in [0.1, 0.15) is 26.7 Å². The number of anilines is 1. The van der Waals surface area contributed by atoms with Crippen molar-refractivity contribution in [2.75, 3.05) is 25.0 Å². The number of hydrogen-bond donors (Lipinski definition) is 2. The molecule has 2 amide bonds. The van der Waals surface area contributed by atoms with E-state index in [9.17, 15) is 9.90 Å². The van der Waals surface area contributed by atoms with Crippen LogP contribution in [0.5, 0.6) is 0 Å². The number of aliphatic hydroxyl groups excluding tert-OH is 1. The van der Waals surface area contributed by atoms with Gasteiger partial charge >= 0.3 is 6.03 Å². The lowest BCUT2D eigenvalue weighted by Gasteiger charge is -2.31. The van der Waals surface area contributed by atoms with Gasteiger partial charge in [0.2, 0.25) is 0 Å².